The Morgan fingerprint density at radius 3 is 2.36 bits per heavy atom. The topological polar surface area (TPSA) is 40.6 Å². The van der Waals surface area contributed by atoms with Gasteiger partial charge in [0.2, 0.25) is 11.8 Å². The molecule has 0 aromatic heterocycles. The lowest BCUT2D eigenvalue weighted by atomic mass is 9.89. The fourth-order valence-corrected chi connectivity index (χ4v) is 3.76. The molecule has 130 valence electrons. The first-order chi connectivity index (χ1) is 12.0. The number of benzene rings is 2. The molecule has 0 unspecified atom stereocenters. The minimum absolute atomic E-state index is 0.0338. The largest absolute Gasteiger partial charge is 0.309 e. The summed E-state index contributed by atoms with van der Waals surface area (Å²) in [5, 5.41) is 0. The zero-order chi connectivity index (χ0) is 18.0. The van der Waals surface area contributed by atoms with Gasteiger partial charge in [0.25, 0.3) is 0 Å². The van der Waals surface area contributed by atoms with Crippen LogP contribution >= 0.6 is 0 Å². The Morgan fingerprint density at radius 1 is 1.08 bits per heavy atom. The average molecular weight is 336 g/mol. The Labute approximate surface area is 149 Å². The van der Waals surface area contributed by atoms with Crippen LogP contribution in [0.5, 0.6) is 0 Å². The van der Waals surface area contributed by atoms with Crippen LogP contribution in [-0.2, 0) is 9.59 Å². The fraction of sp³-hybridized carbons (Fsp3) is 0.333. The van der Waals surface area contributed by atoms with E-state index in [0.717, 1.165) is 23.4 Å². The van der Waals surface area contributed by atoms with Crippen LogP contribution in [0.15, 0.2) is 54.6 Å². The summed E-state index contributed by atoms with van der Waals surface area (Å²) in [4.78, 5) is 28.7. The van der Waals surface area contributed by atoms with Crippen LogP contribution < -0.4 is 9.80 Å². The number of carbonyl (C=O) groups is 2. The molecule has 0 spiro atoms. The van der Waals surface area contributed by atoms with Crippen molar-refractivity contribution < 1.29 is 9.59 Å². The third-order valence-corrected chi connectivity index (χ3v) is 4.82. The first-order valence-electron chi connectivity index (χ1n) is 8.80. The Morgan fingerprint density at radius 2 is 1.72 bits per heavy atom. The molecule has 1 aliphatic rings. The summed E-state index contributed by atoms with van der Waals surface area (Å²) in [5.74, 6) is 0.126. The molecular weight excluding hydrogens is 312 g/mol. The van der Waals surface area contributed by atoms with E-state index in [-0.39, 0.29) is 23.9 Å². The predicted molar refractivity (Wildman–Crippen MR) is 101 cm³/mol. The summed E-state index contributed by atoms with van der Waals surface area (Å²) in [6.45, 7) is 5.53. The lowest BCUT2D eigenvalue weighted by Crippen LogP contribution is -2.47. The van der Waals surface area contributed by atoms with Gasteiger partial charge < -0.3 is 9.80 Å². The van der Waals surface area contributed by atoms with Crippen LogP contribution in [0.2, 0.25) is 0 Å². The summed E-state index contributed by atoms with van der Waals surface area (Å²) in [6, 6.07) is 17.7. The van der Waals surface area contributed by atoms with Crippen LogP contribution in [-0.4, -0.2) is 17.9 Å². The maximum atomic E-state index is 12.8. The van der Waals surface area contributed by atoms with Crippen LogP contribution in [0.1, 0.15) is 45.2 Å². The lowest BCUT2D eigenvalue weighted by Gasteiger charge is -2.43. The quantitative estimate of drug-likeness (QED) is 0.838. The van der Waals surface area contributed by atoms with Gasteiger partial charge >= 0.3 is 0 Å². The minimum atomic E-state index is -0.0725. The number of anilines is 2. The number of rotatable bonds is 3. The SMILES string of the molecule is CCC(=O)N(c1ccccc1)[C@@H]1C[C@H](C)N(C(C)=O)c2ccccc21. The van der Waals surface area contributed by atoms with Crippen molar-refractivity contribution in [2.75, 3.05) is 9.80 Å². The van der Waals surface area contributed by atoms with Crippen molar-refractivity contribution in [3.63, 3.8) is 0 Å². The molecule has 0 N–H and O–H groups in total. The predicted octanol–water partition coefficient (Wildman–Crippen LogP) is 4.32. The Balaban J connectivity index is 2.12. The Kier molecular flexibility index (Phi) is 4.88. The molecule has 1 aliphatic heterocycles. The number of fused-ring (bicyclic) bond motifs is 1. The van der Waals surface area contributed by atoms with E-state index in [2.05, 4.69) is 0 Å². The second-order valence-electron chi connectivity index (χ2n) is 6.50. The molecule has 25 heavy (non-hydrogen) atoms. The van der Waals surface area contributed by atoms with Gasteiger partial charge in [0.1, 0.15) is 0 Å². The molecule has 2 aromatic carbocycles. The fourth-order valence-electron chi connectivity index (χ4n) is 3.76. The van der Waals surface area contributed by atoms with Gasteiger partial charge in [0, 0.05) is 30.8 Å². The van der Waals surface area contributed by atoms with E-state index in [9.17, 15) is 9.59 Å². The van der Waals surface area contributed by atoms with Crippen molar-refractivity contribution in [1.29, 1.82) is 0 Å². The average Bonchev–Trinajstić information content (AvgIpc) is 2.62. The van der Waals surface area contributed by atoms with Crippen molar-refractivity contribution in [3.8, 4) is 0 Å². The number of hydrogen-bond acceptors (Lipinski definition) is 2. The number of nitrogens with zero attached hydrogens (tertiary/aromatic N) is 2. The molecule has 2 amide bonds. The van der Waals surface area contributed by atoms with Crippen molar-refractivity contribution in [2.45, 2.75) is 45.7 Å². The number of amides is 2. The molecule has 4 nitrogen and oxygen atoms in total. The molecule has 3 rings (SSSR count). The van der Waals surface area contributed by atoms with Gasteiger partial charge in [-0.25, -0.2) is 0 Å². The highest BCUT2D eigenvalue weighted by Gasteiger charge is 2.37. The summed E-state index contributed by atoms with van der Waals surface area (Å²) < 4.78 is 0. The normalized spacial score (nSPS) is 19.2. The Hall–Kier alpha value is -2.62. The molecule has 0 saturated carbocycles. The van der Waals surface area contributed by atoms with Gasteiger partial charge in [0.15, 0.2) is 0 Å². The zero-order valence-electron chi connectivity index (χ0n) is 15.0. The van der Waals surface area contributed by atoms with Crippen molar-refractivity contribution in [1.82, 2.24) is 0 Å². The molecule has 2 atom stereocenters. The maximum absolute atomic E-state index is 12.8. The van der Waals surface area contributed by atoms with Crippen molar-refractivity contribution in [3.05, 3.63) is 60.2 Å². The smallest absolute Gasteiger partial charge is 0.227 e. The molecule has 0 aliphatic carbocycles. The maximum Gasteiger partial charge on any atom is 0.227 e. The minimum Gasteiger partial charge on any atom is -0.309 e. The second-order valence-corrected chi connectivity index (χ2v) is 6.50. The van der Waals surface area contributed by atoms with E-state index >= 15 is 0 Å². The van der Waals surface area contributed by atoms with Crippen LogP contribution in [0.4, 0.5) is 11.4 Å². The summed E-state index contributed by atoms with van der Waals surface area (Å²) in [7, 11) is 0. The molecular formula is C21H24N2O2. The summed E-state index contributed by atoms with van der Waals surface area (Å²) in [5.41, 5.74) is 2.84. The second kappa shape index (κ2) is 7.09. The van der Waals surface area contributed by atoms with Crippen LogP contribution in [0.3, 0.4) is 0 Å². The first kappa shape index (κ1) is 17.2. The summed E-state index contributed by atoms with van der Waals surface area (Å²) >= 11 is 0. The lowest BCUT2D eigenvalue weighted by molar-refractivity contribution is -0.118. The van der Waals surface area contributed by atoms with Gasteiger partial charge in [-0.05, 0) is 37.1 Å². The highest BCUT2D eigenvalue weighted by atomic mass is 16.2. The monoisotopic (exact) mass is 336 g/mol. The molecule has 2 aromatic rings. The molecule has 4 heteroatoms. The molecule has 1 heterocycles. The number of para-hydroxylation sites is 2. The van der Waals surface area contributed by atoms with E-state index in [1.807, 2.05) is 78.2 Å². The van der Waals surface area contributed by atoms with Gasteiger partial charge in [0.05, 0.1) is 6.04 Å². The molecule has 0 radical (unpaired) electrons. The molecule has 0 fully saturated rings. The molecule has 0 bridgehead atoms. The summed E-state index contributed by atoms with van der Waals surface area (Å²) in [6.07, 6.45) is 1.16. The van der Waals surface area contributed by atoms with Crippen LogP contribution in [0.25, 0.3) is 0 Å². The highest BCUT2D eigenvalue weighted by molar-refractivity contribution is 5.97. The van der Waals surface area contributed by atoms with Crippen molar-refractivity contribution >= 4 is 23.2 Å². The van der Waals surface area contributed by atoms with E-state index < -0.39 is 0 Å². The number of hydrogen-bond donors (Lipinski definition) is 0. The zero-order valence-corrected chi connectivity index (χ0v) is 15.0. The van der Waals surface area contributed by atoms with E-state index in [1.165, 1.54) is 0 Å². The van der Waals surface area contributed by atoms with Gasteiger partial charge in [-0.3, -0.25) is 9.59 Å². The first-order valence-corrected chi connectivity index (χ1v) is 8.80. The Bertz CT molecular complexity index is 772. The standard InChI is InChI=1S/C21H24N2O2/c1-4-21(25)23(17-10-6-5-7-11-17)20-14-15(2)22(16(3)24)19-13-9-8-12-18(19)20/h5-13,15,20H,4,14H2,1-3H3/t15-,20+/m0/s1. The highest BCUT2D eigenvalue weighted by Crippen LogP contribution is 2.42. The van der Waals surface area contributed by atoms with Gasteiger partial charge in [-0.2, -0.15) is 0 Å². The number of carbonyl (C=O) groups excluding carboxylic acids is 2. The van der Waals surface area contributed by atoms with E-state index in [0.29, 0.717) is 6.42 Å². The molecule has 0 saturated heterocycles. The van der Waals surface area contributed by atoms with Gasteiger partial charge in [-0.1, -0.05) is 43.3 Å². The van der Waals surface area contributed by atoms with E-state index in [1.54, 1.807) is 6.92 Å². The third-order valence-electron chi connectivity index (χ3n) is 4.82. The van der Waals surface area contributed by atoms with Crippen molar-refractivity contribution in [2.24, 2.45) is 0 Å². The van der Waals surface area contributed by atoms with Crippen LogP contribution in [0, 0.1) is 0 Å². The van der Waals surface area contributed by atoms with E-state index in [4.69, 9.17) is 0 Å². The van der Waals surface area contributed by atoms with Gasteiger partial charge in [-0.15, -0.1) is 0 Å². The third kappa shape index (κ3) is 3.16.